The number of carboxylic acid groups (broad SMARTS) is 1. The zero-order chi connectivity index (χ0) is 16.6. The average molecular weight is 315 g/mol. The number of benzene rings is 2. The van der Waals surface area contributed by atoms with Gasteiger partial charge in [-0.15, -0.1) is 5.10 Å². The first kappa shape index (κ1) is 14.8. The van der Waals surface area contributed by atoms with Crippen LogP contribution < -0.4 is 0 Å². The van der Waals surface area contributed by atoms with E-state index in [4.69, 9.17) is 5.11 Å². The van der Waals surface area contributed by atoms with E-state index in [2.05, 4.69) is 10.3 Å². The Balaban J connectivity index is 2.07. The summed E-state index contributed by atoms with van der Waals surface area (Å²) in [5.41, 5.74) is 1.51. The van der Waals surface area contributed by atoms with Crippen LogP contribution in [0.1, 0.15) is 15.9 Å². The molecule has 0 aliphatic rings. The Bertz CT molecular complexity index is 906. The van der Waals surface area contributed by atoms with E-state index in [9.17, 15) is 13.6 Å². The number of rotatable bonds is 3. The topological polar surface area (TPSA) is 68.0 Å². The van der Waals surface area contributed by atoms with E-state index < -0.39 is 17.6 Å². The molecule has 0 unspecified atom stereocenters. The van der Waals surface area contributed by atoms with Crippen molar-refractivity contribution in [2.24, 2.45) is 0 Å². The molecular formula is C16H11F2N3O2. The van der Waals surface area contributed by atoms with Gasteiger partial charge in [0.2, 0.25) is 0 Å². The Hall–Kier alpha value is -3.09. The third-order valence-electron chi connectivity index (χ3n) is 3.40. The summed E-state index contributed by atoms with van der Waals surface area (Å²) in [5, 5.41) is 16.8. The van der Waals surface area contributed by atoms with Crippen LogP contribution in [0.4, 0.5) is 8.78 Å². The highest BCUT2D eigenvalue weighted by Gasteiger charge is 2.13. The van der Waals surface area contributed by atoms with E-state index in [-0.39, 0.29) is 16.8 Å². The van der Waals surface area contributed by atoms with Crippen molar-refractivity contribution in [3.8, 4) is 16.9 Å². The Morgan fingerprint density at radius 1 is 1.17 bits per heavy atom. The maximum absolute atomic E-state index is 13.8. The summed E-state index contributed by atoms with van der Waals surface area (Å²) in [5.74, 6) is -2.27. The Morgan fingerprint density at radius 2 is 1.96 bits per heavy atom. The van der Waals surface area contributed by atoms with Crippen molar-refractivity contribution >= 4 is 5.97 Å². The number of aryl methyl sites for hydroxylation is 1. The van der Waals surface area contributed by atoms with Crippen LogP contribution in [0.15, 0.2) is 42.6 Å². The number of halogens is 2. The average Bonchev–Trinajstić information content (AvgIpc) is 2.99. The molecule has 0 radical (unpaired) electrons. The van der Waals surface area contributed by atoms with Gasteiger partial charge in [-0.05, 0) is 42.8 Å². The standard InChI is InChI=1S/C16H11F2N3O2/c1-9-2-3-10(16(22)23)6-15(9)21-8-14(19-20-21)12-7-11(17)4-5-13(12)18/h2-8H,1H3,(H,22,23). The molecule has 0 bridgehead atoms. The van der Waals surface area contributed by atoms with Gasteiger partial charge in [0.1, 0.15) is 17.3 Å². The van der Waals surface area contributed by atoms with Crippen molar-refractivity contribution in [2.75, 3.05) is 0 Å². The second kappa shape index (κ2) is 5.60. The van der Waals surface area contributed by atoms with Gasteiger partial charge in [0.15, 0.2) is 0 Å². The molecule has 7 heteroatoms. The van der Waals surface area contributed by atoms with Gasteiger partial charge in [0, 0.05) is 5.56 Å². The van der Waals surface area contributed by atoms with E-state index in [1.807, 2.05) is 0 Å². The van der Waals surface area contributed by atoms with E-state index >= 15 is 0 Å². The second-order valence-electron chi connectivity index (χ2n) is 4.98. The molecule has 0 atom stereocenters. The van der Waals surface area contributed by atoms with Crippen molar-refractivity contribution < 1.29 is 18.7 Å². The van der Waals surface area contributed by atoms with Gasteiger partial charge in [-0.1, -0.05) is 11.3 Å². The summed E-state index contributed by atoms with van der Waals surface area (Å²) < 4.78 is 28.4. The first-order chi connectivity index (χ1) is 11.0. The fraction of sp³-hybridized carbons (Fsp3) is 0.0625. The maximum Gasteiger partial charge on any atom is 0.335 e. The number of hydrogen-bond donors (Lipinski definition) is 1. The Labute approximate surface area is 129 Å². The minimum absolute atomic E-state index is 0.0108. The molecule has 2 aromatic carbocycles. The van der Waals surface area contributed by atoms with Crippen LogP contribution in [-0.2, 0) is 0 Å². The lowest BCUT2D eigenvalue weighted by molar-refractivity contribution is 0.0697. The molecule has 23 heavy (non-hydrogen) atoms. The SMILES string of the molecule is Cc1ccc(C(=O)O)cc1-n1cc(-c2cc(F)ccc2F)nn1. The van der Waals surface area contributed by atoms with Crippen LogP contribution in [0, 0.1) is 18.6 Å². The molecular weight excluding hydrogens is 304 g/mol. The van der Waals surface area contributed by atoms with Crippen LogP contribution in [0.5, 0.6) is 0 Å². The van der Waals surface area contributed by atoms with Crippen LogP contribution in [0.2, 0.25) is 0 Å². The van der Waals surface area contributed by atoms with Crippen LogP contribution in [0.3, 0.4) is 0 Å². The highest BCUT2D eigenvalue weighted by Crippen LogP contribution is 2.23. The van der Waals surface area contributed by atoms with Crippen molar-refractivity contribution in [1.82, 2.24) is 15.0 Å². The second-order valence-corrected chi connectivity index (χ2v) is 4.98. The highest BCUT2D eigenvalue weighted by molar-refractivity contribution is 5.88. The number of aromatic nitrogens is 3. The predicted octanol–water partition coefficient (Wildman–Crippen LogP) is 3.22. The number of aromatic carboxylic acids is 1. The van der Waals surface area contributed by atoms with Gasteiger partial charge < -0.3 is 5.11 Å². The van der Waals surface area contributed by atoms with Gasteiger partial charge in [-0.25, -0.2) is 18.3 Å². The van der Waals surface area contributed by atoms with Gasteiger partial charge in [0.05, 0.1) is 17.4 Å². The third kappa shape index (κ3) is 2.80. The molecule has 5 nitrogen and oxygen atoms in total. The molecule has 0 saturated heterocycles. The van der Waals surface area contributed by atoms with Crippen molar-refractivity contribution in [1.29, 1.82) is 0 Å². The zero-order valence-electron chi connectivity index (χ0n) is 12.0. The van der Waals surface area contributed by atoms with Gasteiger partial charge in [0.25, 0.3) is 0 Å². The normalized spacial score (nSPS) is 10.7. The Kier molecular flexibility index (Phi) is 3.61. The summed E-state index contributed by atoms with van der Waals surface area (Å²) >= 11 is 0. The molecule has 3 rings (SSSR count). The zero-order valence-corrected chi connectivity index (χ0v) is 12.0. The minimum Gasteiger partial charge on any atom is -0.478 e. The summed E-state index contributed by atoms with van der Waals surface area (Å²) in [6.07, 6.45) is 1.42. The van der Waals surface area contributed by atoms with E-state index in [1.54, 1.807) is 13.0 Å². The maximum atomic E-state index is 13.8. The van der Waals surface area contributed by atoms with Gasteiger partial charge in [-0.3, -0.25) is 0 Å². The lowest BCUT2D eigenvalue weighted by Gasteiger charge is -2.06. The molecule has 0 fully saturated rings. The summed E-state index contributed by atoms with van der Waals surface area (Å²) in [7, 11) is 0. The monoisotopic (exact) mass is 315 g/mol. The van der Waals surface area contributed by atoms with Gasteiger partial charge in [-0.2, -0.15) is 0 Å². The summed E-state index contributed by atoms with van der Waals surface area (Å²) in [4.78, 5) is 11.1. The fourth-order valence-corrected chi connectivity index (χ4v) is 2.19. The molecule has 1 heterocycles. The van der Waals surface area contributed by atoms with Crippen LogP contribution in [-0.4, -0.2) is 26.1 Å². The first-order valence-electron chi connectivity index (χ1n) is 6.68. The molecule has 3 aromatic rings. The molecule has 1 N–H and O–H groups in total. The van der Waals surface area contributed by atoms with E-state index in [0.29, 0.717) is 5.69 Å². The minimum atomic E-state index is -1.07. The fourth-order valence-electron chi connectivity index (χ4n) is 2.19. The molecule has 0 spiro atoms. The molecule has 0 aliphatic heterocycles. The number of nitrogens with zero attached hydrogens (tertiary/aromatic N) is 3. The predicted molar refractivity (Wildman–Crippen MR) is 78.4 cm³/mol. The quantitative estimate of drug-likeness (QED) is 0.806. The highest BCUT2D eigenvalue weighted by atomic mass is 19.1. The summed E-state index contributed by atoms with van der Waals surface area (Å²) in [6, 6.07) is 7.63. The van der Waals surface area contributed by atoms with Crippen LogP contribution in [0.25, 0.3) is 16.9 Å². The largest absolute Gasteiger partial charge is 0.478 e. The smallest absolute Gasteiger partial charge is 0.335 e. The number of hydrogen-bond acceptors (Lipinski definition) is 3. The van der Waals surface area contributed by atoms with E-state index in [0.717, 1.165) is 23.8 Å². The first-order valence-corrected chi connectivity index (χ1v) is 6.68. The van der Waals surface area contributed by atoms with Crippen LogP contribution >= 0.6 is 0 Å². The molecule has 1 aromatic heterocycles. The number of carbonyl (C=O) groups is 1. The van der Waals surface area contributed by atoms with E-state index in [1.165, 1.54) is 23.0 Å². The summed E-state index contributed by atoms with van der Waals surface area (Å²) in [6.45, 7) is 1.78. The molecule has 0 aliphatic carbocycles. The van der Waals surface area contributed by atoms with Crippen molar-refractivity contribution in [3.63, 3.8) is 0 Å². The van der Waals surface area contributed by atoms with Crippen molar-refractivity contribution in [3.05, 3.63) is 65.4 Å². The lowest BCUT2D eigenvalue weighted by Crippen LogP contribution is -2.02. The van der Waals surface area contributed by atoms with Crippen molar-refractivity contribution in [2.45, 2.75) is 6.92 Å². The number of carboxylic acids is 1. The molecule has 116 valence electrons. The molecule has 0 saturated carbocycles. The third-order valence-corrected chi connectivity index (χ3v) is 3.40. The Morgan fingerprint density at radius 3 is 2.70 bits per heavy atom. The van der Waals surface area contributed by atoms with Gasteiger partial charge >= 0.3 is 5.97 Å². The lowest BCUT2D eigenvalue weighted by atomic mass is 10.1. The molecule has 0 amide bonds.